The monoisotopic (exact) mass is 208 g/mol. The van der Waals surface area contributed by atoms with E-state index in [9.17, 15) is 4.79 Å². The van der Waals surface area contributed by atoms with Crippen LogP contribution in [-0.4, -0.2) is 18.5 Å². The molecule has 0 saturated carbocycles. The Kier molecular flexibility index (Phi) is 4.63. The molecule has 1 unspecified atom stereocenters. The van der Waals surface area contributed by atoms with Gasteiger partial charge in [0.1, 0.15) is 5.76 Å². The second kappa shape index (κ2) is 6.03. The van der Waals surface area contributed by atoms with E-state index >= 15 is 0 Å². The average molecular weight is 208 g/mol. The van der Waals surface area contributed by atoms with Crippen LogP contribution in [0.15, 0.2) is 28.9 Å². The predicted molar refractivity (Wildman–Crippen MR) is 59.0 cm³/mol. The van der Waals surface area contributed by atoms with Crippen LogP contribution < -0.4 is 11.1 Å². The van der Waals surface area contributed by atoms with E-state index in [1.165, 1.54) is 6.08 Å². The first kappa shape index (κ1) is 11.5. The van der Waals surface area contributed by atoms with Crippen LogP contribution in [0.1, 0.15) is 19.1 Å². The highest BCUT2D eigenvalue weighted by molar-refractivity contribution is 5.91. The Labute approximate surface area is 89.1 Å². The summed E-state index contributed by atoms with van der Waals surface area (Å²) >= 11 is 0. The van der Waals surface area contributed by atoms with Crippen molar-refractivity contribution in [3.8, 4) is 0 Å². The van der Waals surface area contributed by atoms with Gasteiger partial charge < -0.3 is 15.5 Å². The van der Waals surface area contributed by atoms with Gasteiger partial charge in [-0.15, -0.1) is 0 Å². The lowest BCUT2D eigenvalue weighted by molar-refractivity contribution is -0.117. The summed E-state index contributed by atoms with van der Waals surface area (Å²) in [5.74, 6) is 0.509. The standard InChI is InChI=1S/C11H16N2O2/c1-2-9(8-12)13-11(14)6-5-10-4-3-7-15-10/h3-7,9H,2,8,12H2,1H3,(H,13,14)/b6-5+. The Balaban J connectivity index is 2.42. The third-order valence-electron chi connectivity index (χ3n) is 2.07. The largest absolute Gasteiger partial charge is 0.465 e. The molecular weight excluding hydrogens is 192 g/mol. The SMILES string of the molecule is CCC(CN)NC(=O)/C=C/c1ccco1. The molecule has 1 amide bonds. The predicted octanol–water partition coefficient (Wildman–Crippen LogP) is 1.15. The molecule has 15 heavy (non-hydrogen) atoms. The van der Waals surface area contributed by atoms with E-state index in [2.05, 4.69) is 5.32 Å². The number of amides is 1. The molecule has 3 N–H and O–H groups in total. The van der Waals surface area contributed by atoms with Gasteiger partial charge in [-0.1, -0.05) is 6.92 Å². The summed E-state index contributed by atoms with van der Waals surface area (Å²) in [5.41, 5.74) is 5.46. The van der Waals surface area contributed by atoms with Crippen LogP contribution in [0, 0.1) is 0 Å². The van der Waals surface area contributed by atoms with E-state index in [-0.39, 0.29) is 11.9 Å². The van der Waals surface area contributed by atoms with Crippen molar-refractivity contribution >= 4 is 12.0 Å². The molecule has 4 heteroatoms. The van der Waals surface area contributed by atoms with Crippen molar-refractivity contribution in [1.82, 2.24) is 5.32 Å². The number of nitrogens with one attached hydrogen (secondary N) is 1. The van der Waals surface area contributed by atoms with Crippen LogP contribution in [0.25, 0.3) is 6.08 Å². The second-order valence-corrected chi connectivity index (χ2v) is 3.20. The molecule has 0 bridgehead atoms. The number of nitrogens with two attached hydrogens (primary N) is 1. The minimum Gasteiger partial charge on any atom is -0.465 e. The Morgan fingerprint density at radius 3 is 3.07 bits per heavy atom. The summed E-state index contributed by atoms with van der Waals surface area (Å²) in [6.45, 7) is 2.44. The lowest BCUT2D eigenvalue weighted by Crippen LogP contribution is -2.38. The summed E-state index contributed by atoms with van der Waals surface area (Å²) in [5, 5.41) is 2.79. The number of rotatable bonds is 5. The first-order chi connectivity index (χ1) is 7.26. The van der Waals surface area contributed by atoms with Gasteiger partial charge in [0, 0.05) is 18.7 Å². The maximum atomic E-state index is 11.4. The average Bonchev–Trinajstić information content (AvgIpc) is 2.75. The molecule has 0 radical (unpaired) electrons. The maximum absolute atomic E-state index is 11.4. The topological polar surface area (TPSA) is 68.3 Å². The Bertz CT molecular complexity index is 313. The van der Waals surface area contributed by atoms with Crippen molar-refractivity contribution in [3.05, 3.63) is 30.2 Å². The van der Waals surface area contributed by atoms with Gasteiger partial charge in [0.15, 0.2) is 0 Å². The quantitative estimate of drug-likeness (QED) is 0.713. The minimum atomic E-state index is -0.149. The molecule has 82 valence electrons. The lowest BCUT2D eigenvalue weighted by Gasteiger charge is -2.12. The zero-order valence-electron chi connectivity index (χ0n) is 8.77. The summed E-state index contributed by atoms with van der Waals surface area (Å²) < 4.78 is 5.05. The minimum absolute atomic E-state index is 0.0405. The smallest absolute Gasteiger partial charge is 0.244 e. The number of hydrogen-bond donors (Lipinski definition) is 2. The van der Waals surface area contributed by atoms with E-state index in [1.54, 1.807) is 24.5 Å². The van der Waals surface area contributed by atoms with Crippen molar-refractivity contribution < 1.29 is 9.21 Å². The summed E-state index contributed by atoms with van der Waals surface area (Å²) in [4.78, 5) is 11.4. The highest BCUT2D eigenvalue weighted by atomic mass is 16.3. The van der Waals surface area contributed by atoms with Crippen molar-refractivity contribution in [3.63, 3.8) is 0 Å². The molecular formula is C11H16N2O2. The fourth-order valence-corrected chi connectivity index (χ4v) is 1.12. The van der Waals surface area contributed by atoms with E-state index in [0.29, 0.717) is 12.3 Å². The summed E-state index contributed by atoms with van der Waals surface area (Å²) in [7, 11) is 0. The third kappa shape index (κ3) is 3.99. The van der Waals surface area contributed by atoms with E-state index < -0.39 is 0 Å². The van der Waals surface area contributed by atoms with Crippen LogP contribution in [0.4, 0.5) is 0 Å². The van der Waals surface area contributed by atoms with Crippen LogP contribution >= 0.6 is 0 Å². The molecule has 0 aliphatic rings. The number of furan rings is 1. The second-order valence-electron chi connectivity index (χ2n) is 3.20. The zero-order valence-corrected chi connectivity index (χ0v) is 8.77. The van der Waals surface area contributed by atoms with Gasteiger partial charge in [-0.3, -0.25) is 4.79 Å². The Morgan fingerprint density at radius 2 is 2.53 bits per heavy atom. The van der Waals surface area contributed by atoms with Crippen LogP contribution in [0.3, 0.4) is 0 Å². The molecule has 4 nitrogen and oxygen atoms in total. The number of hydrogen-bond acceptors (Lipinski definition) is 3. The van der Waals surface area contributed by atoms with E-state index in [0.717, 1.165) is 6.42 Å². The normalized spacial score (nSPS) is 12.9. The maximum Gasteiger partial charge on any atom is 0.244 e. The molecule has 0 fully saturated rings. The molecule has 0 spiro atoms. The van der Waals surface area contributed by atoms with Gasteiger partial charge in [-0.05, 0) is 24.6 Å². The molecule has 0 aliphatic carbocycles. The van der Waals surface area contributed by atoms with Crippen LogP contribution in [-0.2, 0) is 4.79 Å². The van der Waals surface area contributed by atoms with Crippen molar-refractivity contribution in [2.45, 2.75) is 19.4 Å². The van der Waals surface area contributed by atoms with Gasteiger partial charge in [-0.25, -0.2) is 0 Å². The highest BCUT2D eigenvalue weighted by Crippen LogP contribution is 2.01. The first-order valence-corrected chi connectivity index (χ1v) is 4.98. The van der Waals surface area contributed by atoms with Crippen molar-refractivity contribution in [2.75, 3.05) is 6.54 Å². The molecule has 1 rings (SSSR count). The zero-order chi connectivity index (χ0) is 11.1. The van der Waals surface area contributed by atoms with E-state index in [1.807, 2.05) is 6.92 Å². The van der Waals surface area contributed by atoms with Crippen LogP contribution in [0.2, 0.25) is 0 Å². The molecule has 0 aromatic carbocycles. The van der Waals surface area contributed by atoms with Gasteiger partial charge in [0.2, 0.25) is 5.91 Å². The Morgan fingerprint density at radius 1 is 1.73 bits per heavy atom. The van der Waals surface area contributed by atoms with Crippen LogP contribution in [0.5, 0.6) is 0 Å². The highest BCUT2D eigenvalue weighted by Gasteiger charge is 2.05. The molecule has 0 aliphatic heterocycles. The first-order valence-electron chi connectivity index (χ1n) is 4.98. The lowest BCUT2D eigenvalue weighted by atomic mass is 10.2. The van der Waals surface area contributed by atoms with Crippen molar-refractivity contribution in [1.29, 1.82) is 0 Å². The molecule has 0 saturated heterocycles. The molecule has 1 atom stereocenters. The molecule has 1 heterocycles. The number of carbonyl (C=O) groups is 1. The molecule has 1 aromatic rings. The van der Waals surface area contributed by atoms with Gasteiger partial charge in [0.25, 0.3) is 0 Å². The summed E-state index contributed by atoms with van der Waals surface area (Å²) in [6.07, 6.45) is 5.46. The third-order valence-corrected chi connectivity index (χ3v) is 2.07. The fourth-order valence-electron chi connectivity index (χ4n) is 1.12. The van der Waals surface area contributed by atoms with E-state index in [4.69, 9.17) is 10.2 Å². The van der Waals surface area contributed by atoms with Crippen molar-refractivity contribution in [2.24, 2.45) is 5.73 Å². The van der Waals surface area contributed by atoms with Gasteiger partial charge in [-0.2, -0.15) is 0 Å². The number of carbonyl (C=O) groups excluding carboxylic acids is 1. The molecule has 1 aromatic heterocycles. The van der Waals surface area contributed by atoms with Gasteiger partial charge in [0.05, 0.1) is 6.26 Å². The Hall–Kier alpha value is -1.55. The fraction of sp³-hybridized carbons (Fsp3) is 0.364. The summed E-state index contributed by atoms with van der Waals surface area (Å²) in [6, 6.07) is 3.59. The van der Waals surface area contributed by atoms with Gasteiger partial charge >= 0.3 is 0 Å².